The van der Waals surface area contributed by atoms with Crippen LogP contribution in [0, 0.1) is 0 Å². The molecule has 0 spiro atoms. The number of nitrogens with one attached hydrogen (secondary N) is 1. The first-order chi connectivity index (χ1) is 8.96. The van der Waals surface area contributed by atoms with Crippen molar-refractivity contribution in [2.45, 2.75) is 25.4 Å². The largest absolute Gasteiger partial charge is 0.389 e. The second-order valence-electron chi connectivity index (χ2n) is 4.52. The standard InChI is InChI=1S/C13H15F3N2O/c14-13(15,16)7-3-8-18-9-6-12(19)17-10-4-1-2-5-11(10)18/h1-2,4-5H,3,6-9H2,(H,17,19). The summed E-state index contributed by atoms with van der Waals surface area (Å²) in [6, 6.07) is 7.18. The number of carbonyl (C=O) groups is 1. The van der Waals surface area contributed by atoms with Crippen molar-refractivity contribution in [3.63, 3.8) is 0 Å². The van der Waals surface area contributed by atoms with E-state index in [4.69, 9.17) is 0 Å². The Labute approximate surface area is 109 Å². The third kappa shape index (κ3) is 3.87. The molecule has 0 unspecified atom stereocenters. The van der Waals surface area contributed by atoms with Gasteiger partial charge in [-0.25, -0.2) is 0 Å². The van der Waals surface area contributed by atoms with Crippen LogP contribution in [0.2, 0.25) is 0 Å². The van der Waals surface area contributed by atoms with Gasteiger partial charge in [-0.15, -0.1) is 0 Å². The van der Waals surface area contributed by atoms with Gasteiger partial charge in [0.25, 0.3) is 0 Å². The molecular formula is C13H15F3N2O. The highest BCUT2D eigenvalue weighted by Crippen LogP contribution is 2.29. The molecule has 0 atom stereocenters. The lowest BCUT2D eigenvalue weighted by molar-refractivity contribution is -0.135. The van der Waals surface area contributed by atoms with E-state index in [2.05, 4.69) is 5.32 Å². The highest BCUT2D eigenvalue weighted by molar-refractivity contribution is 5.96. The van der Waals surface area contributed by atoms with Gasteiger partial charge in [-0.3, -0.25) is 4.79 Å². The van der Waals surface area contributed by atoms with E-state index in [1.54, 1.807) is 12.1 Å². The first-order valence-corrected chi connectivity index (χ1v) is 6.16. The predicted octanol–water partition coefficient (Wildman–Crippen LogP) is 3.18. The Hall–Kier alpha value is -1.72. The van der Waals surface area contributed by atoms with E-state index in [1.807, 2.05) is 17.0 Å². The quantitative estimate of drug-likeness (QED) is 0.916. The molecule has 0 saturated heterocycles. The number of hydrogen-bond acceptors (Lipinski definition) is 2. The third-order valence-electron chi connectivity index (χ3n) is 3.02. The number of benzene rings is 1. The van der Waals surface area contributed by atoms with Crippen molar-refractivity contribution in [2.75, 3.05) is 23.3 Å². The van der Waals surface area contributed by atoms with Gasteiger partial charge in [0.2, 0.25) is 5.91 Å². The SMILES string of the molecule is O=C1CCN(CCCC(F)(F)F)c2ccccc2N1. The number of carbonyl (C=O) groups excluding carboxylic acids is 1. The molecule has 1 amide bonds. The highest BCUT2D eigenvalue weighted by Gasteiger charge is 2.27. The average molecular weight is 272 g/mol. The van der Waals surface area contributed by atoms with Gasteiger partial charge >= 0.3 is 6.18 Å². The van der Waals surface area contributed by atoms with Gasteiger partial charge in [0.05, 0.1) is 11.4 Å². The molecular weight excluding hydrogens is 257 g/mol. The van der Waals surface area contributed by atoms with E-state index in [0.717, 1.165) is 5.69 Å². The minimum atomic E-state index is -4.13. The zero-order valence-electron chi connectivity index (χ0n) is 10.3. The number of hydrogen-bond donors (Lipinski definition) is 1. The molecule has 3 nitrogen and oxygen atoms in total. The lowest BCUT2D eigenvalue weighted by atomic mass is 10.2. The lowest BCUT2D eigenvalue weighted by Crippen LogP contribution is -2.26. The summed E-state index contributed by atoms with van der Waals surface area (Å²) >= 11 is 0. The Balaban J connectivity index is 2.06. The molecule has 1 aromatic carbocycles. The van der Waals surface area contributed by atoms with Crippen LogP contribution in [-0.2, 0) is 4.79 Å². The van der Waals surface area contributed by atoms with Crippen LogP contribution >= 0.6 is 0 Å². The number of halogens is 3. The molecule has 0 radical (unpaired) electrons. The van der Waals surface area contributed by atoms with Crippen LogP contribution < -0.4 is 10.2 Å². The van der Waals surface area contributed by atoms with Crippen molar-refractivity contribution in [3.8, 4) is 0 Å². The zero-order valence-corrected chi connectivity index (χ0v) is 10.3. The number of para-hydroxylation sites is 2. The average Bonchev–Trinajstić information content (AvgIpc) is 2.47. The first-order valence-electron chi connectivity index (χ1n) is 6.16. The normalized spacial score (nSPS) is 15.7. The Morgan fingerprint density at radius 3 is 2.74 bits per heavy atom. The topological polar surface area (TPSA) is 32.3 Å². The highest BCUT2D eigenvalue weighted by atomic mass is 19.4. The summed E-state index contributed by atoms with van der Waals surface area (Å²) in [6.45, 7) is 0.742. The number of rotatable bonds is 3. The molecule has 1 aliphatic heterocycles. The van der Waals surface area contributed by atoms with Crippen molar-refractivity contribution in [1.82, 2.24) is 0 Å². The van der Waals surface area contributed by atoms with Crippen LogP contribution in [0.25, 0.3) is 0 Å². The van der Waals surface area contributed by atoms with Gasteiger partial charge in [-0.2, -0.15) is 13.2 Å². The van der Waals surface area contributed by atoms with Gasteiger partial charge in [0.1, 0.15) is 0 Å². The molecule has 1 aliphatic rings. The molecule has 0 aliphatic carbocycles. The summed E-state index contributed by atoms with van der Waals surface area (Å²) in [7, 11) is 0. The maximum Gasteiger partial charge on any atom is 0.389 e. The van der Waals surface area contributed by atoms with Crippen LogP contribution in [0.15, 0.2) is 24.3 Å². The fourth-order valence-corrected chi connectivity index (χ4v) is 2.13. The van der Waals surface area contributed by atoms with Crippen LogP contribution in [0.4, 0.5) is 24.5 Å². The summed E-state index contributed by atoms with van der Waals surface area (Å²) < 4.78 is 36.5. The lowest BCUT2D eigenvalue weighted by Gasteiger charge is -2.24. The first kappa shape index (κ1) is 13.7. The van der Waals surface area contributed by atoms with Crippen LogP contribution in [0.3, 0.4) is 0 Å². The Morgan fingerprint density at radius 2 is 2.00 bits per heavy atom. The zero-order chi connectivity index (χ0) is 13.9. The second kappa shape index (κ2) is 5.50. The molecule has 1 heterocycles. The van der Waals surface area contributed by atoms with Crippen molar-refractivity contribution in [1.29, 1.82) is 0 Å². The molecule has 0 fully saturated rings. The molecule has 104 valence electrons. The van der Waals surface area contributed by atoms with Crippen molar-refractivity contribution < 1.29 is 18.0 Å². The third-order valence-corrected chi connectivity index (χ3v) is 3.02. The fraction of sp³-hybridized carbons (Fsp3) is 0.462. The molecule has 6 heteroatoms. The maximum absolute atomic E-state index is 12.2. The number of anilines is 2. The number of alkyl halides is 3. The van der Waals surface area contributed by atoms with E-state index < -0.39 is 12.6 Å². The number of fused-ring (bicyclic) bond motifs is 1. The van der Waals surface area contributed by atoms with Gasteiger partial charge < -0.3 is 10.2 Å². The minimum Gasteiger partial charge on any atom is -0.369 e. The van der Waals surface area contributed by atoms with E-state index in [-0.39, 0.29) is 12.3 Å². The smallest absolute Gasteiger partial charge is 0.369 e. The Morgan fingerprint density at radius 1 is 1.26 bits per heavy atom. The van der Waals surface area contributed by atoms with Crippen molar-refractivity contribution in [3.05, 3.63) is 24.3 Å². The summed E-state index contributed by atoms with van der Waals surface area (Å²) in [4.78, 5) is 13.3. The minimum absolute atomic E-state index is 0.0338. The van der Waals surface area contributed by atoms with E-state index in [1.165, 1.54) is 0 Å². The van der Waals surface area contributed by atoms with Gasteiger partial charge in [0.15, 0.2) is 0 Å². The van der Waals surface area contributed by atoms with Gasteiger partial charge in [0, 0.05) is 25.9 Å². The van der Waals surface area contributed by atoms with Gasteiger partial charge in [-0.1, -0.05) is 12.1 Å². The van der Waals surface area contributed by atoms with E-state index in [9.17, 15) is 18.0 Å². The molecule has 0 aromatic heterocycles. The maximum atomic E-state index is 12.2. The number of nitrogens with zero attached hydrogens (tertiary/aromatic N) is 1. The summed E-state index contributed by atoms with van der Waals surface area (Å²) in [5, 5.41) is 2.76. The van der Waals surface area contributed by atoms with E-state index in [0.29, 0.717) is 25.2 Å². The van der Waals surface area contributed by atoms with Crippen LogP contribution in [0.5, 0.6) is 0 Å². The van der Waals surface area contributed by atoms with E-state index >= 15 is 0 Å². The predicted molar refractivity (Wildman–Crippen MR) is 67.2 cm³/mol. The fourth-order valence-electron chi connectivity index (χ4n) is 2.13. The van der Waals surface area contributed by atoms with Crippen LogP contribution in [-0.4, -0.2) is 25.2 Å². The molecule has 1 aromatic rings. The molecule has 0 saturated carbocycles. The van der Waals surface area contributed by atoms with Gasteiger partial charge in [-0.05, 0) is 18.6 Å². The summed E-state index contributed by atoms with van der Waals surface area (Å²) in [5.74, 6) is -0.106. The second-order valence-corrected chi connectivity index (χ2v) is 4.52. The van der Waals surface area contributed by atoms with Crippen LogP contribution in [0.1, 0.15) is 19.3 Å². The Kier molecular flexibility index (Phi) is 3.97. The molecule has 2 rings (SSSR count). The Bertz CT molecular complexity index is 459. The molecule has 0 bridgehead atoms. The van der Waals surface area contributed by atoms with Crippen molar-refractivity contribution >= 4 is 17.3 Å². The summed E-state index contributed by atoms with van der Waals surface area (Å²) in [5.41, 5.74) is 1.45. The molecule has 19 heavy (non-hydrogen) atoms. The molecule has 1 N–H and O–H groups in total. The van der Waals surface area contributed by atoms with Crippen molar-refractivity contribution in [2.24, 2.45) is 0 Å². The number of amides is 1. The summed E-state index contributed by atoms with van der Waals surface area (Å²) in [6.07, 6.45) is -4.60. The monoisotopic (exact) mass is 272 g/mol.